The van der Waals surface area contributed by atoms with Gasteiger partial charge in [-0.25, -0.2) is 9.97 Å². The fourth-order valence-corrected chi connectivity index (χ4v) is 2.58. The minimum Gasteiger partial charge on any atom is -0.389 e. The fourth-order valence-electron chi connectivity index (χ4n) is 2.41. The first kappa shape index (κ1) is 16.0. The Balaban J connectivity index is 2.21. The second-order valence-electron chi connectivity index (χ2n) is 6.03. The van der Waals surface area contributed by atoms with Crippen LogP contribution in [0.5, 0.6) is 0 Å². The smallest absolute Gasteiger partial charge is 0.274 e. The lowest BCUT2D eigenvalue weighted by molar-refractivity contribution is 0.0365. The maximum absolute atomic E-state index is 12.4. The molecule has 0 atom stereocenters. The first-order valence-corrected chi connectivity index (χ1v) is 7.41. The second kappa shape index (κ2) is 6.15. The van der Waals surface area contributed by atoms with Crippen LogP contribution in [0.2, 0.25) is 5.02 Å². The summed E-state index contributed by atoms with van der Waals surface area (Å²) in [5.41, 5.74) is -0.790. The third-order valence-electron chi connectivity index (χ3n) is 3.29. The Morgan fingerprint density at radius 1 is 1.48 bits per heavy atom. The molecule has 0 spiro atoms. The van der Waals surface area contributed by atoms with E-state index in [4.69, 9.17) is 11.6 Å². The molecule has 1 aliphatic rings. The molecule has 7 heteroatoms. The first-order valence-electron chi connectivity index (χ1n) is 7.03. The largest absolute Gasteiger partial charge is 0.389 e. The van der Waals surface area contributed by atoms with Crippen LogP contribution in [0.3, 0.4) is 0 Å². The molecule has 1 amide bonds. The molecule has 21 heavy (non-hydrogen) atoms. The second-order valence-corrected chi connectivity index (χ2v) is 6.44. The van der Waals surface area contributed by atoms with E-state index in [-0.39, 0.29) is 23.2 Å². The topological polar surface area (TPSA) is 69.6 Å². The SMILES string of the molecule is CN(CC(C)(C)O)C(=O)c1nc(N2CCCC2)ncc1Cl. The van der Waals surface area contributed by atoms with Crippen LogP contribution in [0, 0.1) is 0 Å². The summed E-state index contributed by atoms with van der Waals surface area (Å²) in [6, 6.07) is 0. The van der Waals surface area contributed by atoms with Crippen LogP contribution in [0.15, 0.2) is 6.20 Å². The van der Waals surface area contributed by atoms with Gasteiger partial charge in [0.2, 0.25) is 5.95 Å². The van der Waals surface area contributed by atoms with Crippen LogP contribution >= 0.6 is 11.6 Å². The maximum atomic E-state index is 12.4. The van der Waals surface area contributed by atoms with Crippen molar-refractivity contribution < 1.29 is 9.90 Å². The molecule has 0 bridgehead atoms. The number of hydrogen-bond donors (Lipinski definition) is 1. The van der Waals surface area contributed by atoms with Crippen molar-refractivity contribution in [3.8, 4) is 0 Å². The van der Waals surface area contributed by atoms with Gasteiger partial charge in [-0.15, -0.1) is 0 Å². The summed E-state index contributed by atoms with van der Waals surface area (Å²) < 4.78 is 0. The lowest BCUT2D eigenvalue weighted by atomic mass is 10.1. The monoisotopic (exact) mass is 312 g/mol. The Bertz CT molecular complexity index is 524. The summed E-state index contributed by atoms with van der Waals surface area (Å²) in [4.78, 5) is 24.4. The Labute approximate surface area is 129 Å². The van der Waals surface area contributed by atoms with Gasteiger partial charge in [0.15, 0.2) is 5.69 Å². The molecule has 2 heterocycles. The van der Waals surface area contributed by atoms with E-state index in [1.165, 1.54) is 11.1 Å². The van der Waals surface area contributed by atoms with Crippen LogP contribution in [-0.4, -0.2) is 58.2 Å². The van der Waals surface area contributed by atoms with Gasteiger partial charge in [-0.1, -0.05) is 11.6 Å². The number of halogens is 1. The van der Waals surface area contributed by atoms with Crippen molar-refractivity contribution in [3.05, 3.63) is 16.9 Å². The van der Waals surface area contributed by atoms with Gasteiger partial charge in [0.05, 0.1) is 16.8 Å². The lowest BCUT2D eigenvalue weighted by Gasteiger charge is -2.25. The zero-order chi connectivity index (χ0) is 15.6. The van der Waals surface area contributed by atoms with E-state index in [0.29, 0.717) is 5.95 Å². The predicted octanol–water partition coefficient (Wildman–Crippen LogP) is 1.57. The molecule has 0 radical (unpaired) electrons. The maximum Gasteiger partial charge on any atom is 0.274 e. The van der Waals surface area contributed by atoms with Crippen molar-refractivity contribution in [1.29, 1.82) is 0 Å². The third-order valence-corrected chi connectivity index (χ3v) is 3.57. The predicted molar refractivity (Wildman–Crippen MR) is 81.7 cm³/mol. The molecule has 0 saturated carbocycles. The first-order chi connectivity index (χ1) is 9.78. The van der Waals surface area contributed by atoms with E-state index >= 15 is 0 Å². The van der Waals surface area contributed by atoms with E-state index in [2.05, 4.69) is 9.97 Å². The van der Waals surface area contributed by atoms with Crippen molar-refractivity contribution in [2.45, 2.75) is 32.3 Å². The van der Waals surface area contributed by atoms with Crippen molar-refractivity contribution in [2.75, 3.05) is 31.6 Å². The average molecular weight is 313 g/mol. The molecule has 1 aromatic rings. The average Bonchev–Trinajstić information content (AvgIpc) is 2.90. The minimum absolute atomic E-state index is 0.181. The van der Waals surface area contributed by atoms with E-state index in [1.54, 1.807) is 20.9 Å². The van der Waals surface area contributed by atoms with Crippen molar-refractivity contribution in [1.82, 2.24) is 14.9 Å². The summed E-state index contributed by atoms with van der Waals surface area (Å²) in [7, 11) is 1.62. The minimum atomic E-state index is -0.971. The Morgan fingerprint density at radius 2 is 2.10 bits per heavy atom. The zero-order valence-corrected chi connectivity index (χ0v) is 13.4. The van der Waals surface area contributed by atoms with Gasteiger partial charge in [-0.2, -0.15) is 0 Å². The molecule has 1 fully saturated rings. The molecular formula is C14H21ClN4O2. The van der Waals surface area contributed by atoms with Crippen molar-refractivity contribution in [2.24, 2.45) is 0 Å². The van der Waals surface area contributed by atoms with Crippen LogP contribution in [0.4, 0.5) is 5.95 Å². The molecule has 1 aliphatic heterocycles. The number of nitrogens with zero attached hydrogens (tertiary/aromatic N) is 4. The van der Waals surface area contributed by atoms with Gasteiger partial charge in [0.25, 0.3) is 5.91 Å². The fraction of sp³-hybridized carbons (Fsp3) is 0.643. The van der Waals surface area contributed by atoms with Crippen LogP contribution in [0.1, 0.15) is 37.2 Å². The Morgan fingerprint density at radius 3 is 2.67 bits per heavy atom. The molecule has 116 valence electrons. The standard InChI is InChI=1S/C14H21ClN4O2/c1-14(2,21)9-18(3)12(20)11-10(15)8-16-13(17-11)19-6-4-5-7-19/h8,21H,4-7,9H2,1-3H3. The van der Waals surface area contributed by atoms with Gasteiger partial charge in [-0.3, -0.25) is 4.79 Å². The van der Waals surface area contributed by atoms with Gasteiger partial charge in [0, 0.05) is 26.7 Å². The molecule has 2 rings (SSSR count). The van der Waals surface area contributed by atoms with Crippen molar-refractivity contribution in [3.63, 3.8) is 0 Å². The molecule has 6 nitrogen and oxygen atoms in total. The number of likely N-dealkylation sites (N-methyl/N-ethyl adjacent to an activating group) is 1. The van der Waals surface area contributed by atoms with Gasteiger partial charge in [0.1, 0.15) is 0 Å². The van der Waals surface area contributed by atoms with Gasteiger partial charge >= 0.3 is 0 Å². The zero-order valence-electron chi connectivity index (χ0n) is 12.6. The van der Waals surface area contributed by atoms with E-state index < -0.39 is 5.60 Å². The molecule has 1 N–H and O–H groups in total. The van der Waals surface area contributed by atoms with Gasteiger partial charge < -0.3 is 14.9 Å². The quantitative estimate of drug-likeness (QED) is 0.914. The summed E-state index contributed by atoms with van der Waals surface area (Å²) in [5, 5.41) is 10.0. The molecule has 0 unspecified atom stereocenters. The number of anilines is 1. The van der Waals surface area contributed by atoms with Crippen LogP contribution < -0.4 is 4.90 Å². The molecule has 1 aromatic heterocycles. The van der Waals surface area contributed by atoms with Crippen molar-refractivity contribution >= 4 is 23.5 Å². The van der Waals surface area contributed by atoms with Crippen LogP contribution in [0.25, 0.3) is 0 Å². The Kier molecular flexibility index (Phi) is 4.68. The number of aromatic nitrogens is 2. The number of hydrogen-bond acceptors (Lipinski definition) is 5. The number of rotatable bonds is 4. The summed E-state index contributed by atoms with van der Waals surface area (Å²) in [6.07, 6.45) is 3.68. The highest BCUT2D eigenvalue weighted by Crippen LogP contribution is 2.21. The summed E-state index contributed by atoms with van der Waals surface area (Å²) in [6.45, 7) is 5.29. The number of amides is 1. The highest BCUT2D eigenvalue weighted by Gasteiger charge is 2.25. The number of aliphatic hydroxyl groups is 1. The Hall–Kier alpha value is -1.40. The van der Waals surface area contributed by atoms with E-state index in [9.17, 15) is 9.90 Å². The number of carbonyl (C=O) groups is 1. The van der Waals surface area contributed by atoms with Crippen LogP contribution in [-0.2, 0) is 0 Å². The highest BCUT2D eigenvalue weighted by molar-refractivity contribution is 6.33. The lowest BCUT2D eigenvalue weighted by Crippen LogP contribution is -2.40. The highest BCUT2D eigenvalue weighted by atomic mass is 35.5. The van der Waals surface area contributed by atoms with E-state index in [0.717, 1.165) is 25.9 Å². The third kappa shape index (κ3) is 4.04. The molecular weight excluding hydrogens is 292 g/mol. The molecule has 0 aliphatic carbocycles. The normalized spacial score (nSPS) is 15.4. The molecule has 0 aromatic carbocycles. The number of carbonyl (C=O) groups excluding carboxylic acids is 1. The van der Waals surface area contributed by atoms with E-state index in [1.807, 2.05) is 4.90 Å². The summed E-state index contributed by atoms with van der Waals surface area (Å²) >= 11 is 6.06. The van der Waals surface area contributed by atoms with Gasteiger partial charge in [-0.05, 0) is 26.7 Å². The summed E-state index contributed by atoms with van der Waals surface area (Å²) in [5.74, 6) is 0.224. The molecule has 1 saturated heterocycles.